The molecular weight excluding hydrogens is 218 g/mol. The maximum Gasteiger partial charge on any atom is 0.308 e. The van der Waals surface area contributed by atoms with Gasteiger partial charge in [0.1, 0.15) is 0 Å². The third kappa shape index (κ3) is 1.69. The third-order valence-electron chi connectivity index (χ3n) is 5.00. The normalized spacial score (nSPS) is 45.4. The molecule has 3 aliphatic rings. The van der Waals surface area contributed by atoms with Crippen LogP contribution in [0.2, 0.25) is 0 Å². The predicted molar refractivity (Wildman–Crippen MR) is 62.4 cm³/mol. The lowest BCUT2D eigenvalue weighted by Crippen LogP contribution is -2.39. The highest BCUT2D eigenvalue weighted by Gasteiger charge is 2.52. The number of nitrogens with zero attached hydrogens (tertiary/aromatic N) is 1. The Balaban J connectivity index is 1.73. The Bertz CT molecular complexity index is 320. The molecule has 0 radical (unpaired) electrons. The van der Waals surface area contributed by atoms with Crippen molar-refractivity contribution in [2.75, 3.05) is 13.7 Å². The lowest BCUT2D eigenvalue weighted by Gasteiger charge is -2.34. The topological polar surface area (TPSA) is 49.8 Å². The van der Waals surface area contributed by atoms with Crippen LogP contribution in [0.3, 0.4) is 0 Å². The van der Waals surface area contributed by atoms with Crippen molar-refractivity contribution < 1.29 is 14.6 Å². The summed E-state index contributed by atoms with van der Waals surface area (Å²) in [6.07, 6.45) is 4.88. The molecule has 5 atom stereocenters. The molecule has 1 saturated carbocycles. The summed E-state index contributed by atoms with van der Waals surface area (Å²) in [6.45, 7) is 1.13. The van der Waals surface area contributed by atoms with E-state index in [9.17, 15) is 9.90 Å². The van der Waals surface area contributed by atoms with Gasteiger partial charge in [0, 0.05) is 18.0 Å². The predicted octanol–water partition coefficient (Wildman–Crippen LogP) is 0.783. The van der Waals surface area contributed by atoms with Gasteiger partial charge in [-0.15, -0.1) is 0 Å². The van der Waals surface area contributed by atoms with Gasteiger partial charge in [-0.05, 0) is 38.6 Å². The van der Waals surface area contributed by atoms with Gasteiger partial charge >= 0.3 is 5.97 Å². The number of ether oxygens (including phenoxy) is 1. The molecule has 0 aromatic carbocycles. The SMILES string of the molecule is COC(=O)[C@@H]1CC[C@@H]2[C@H](C1)[C@H](O)[C@@H]1CCCN21. The van der Waals surface area contributed by atoms with Crippen molar-refractivity contribution in [2.45, 2.75) is 50.3 Å². The fraction of sp³-hybridized carbons (Fsp3) is 0.923. The summed E-state index contributed by atoms with van der Waals surface area (Å²) in [5.74, 6) is 0.205. The van der Waals surface area contributed by atoms with Gasteiger partial charge in [-0.25, -0.2) is 0 Å². The molecule has 0 aromatic heterocycles. The summed E-state index contributed by atoms with van der Waals surface area (Å²) in [5.41, 5.74) is 0. The van der Waals surface area contributed by atoms with Gasteiger partial charge in [0.15, 0.2) is 0 Å². The highest BCUT2D eigenvalue weighted by Crippen LogP contribution is 2.45. The zero-order chi connectivity index (χ0) is 12.0. The number of fused-ring (bicyclic) bond motifs is 3. The van der Waals surface area contributed by atoms with Crippen LogP contribution in [0.1, 0.15) is 32.1 Å². The Morgan fingerprint density at radius 2 is 2.12 bits per heavy atom. The number of esters is 1. The quantitative estimate of drug-likeness (QED) is 0.687. The first kappa shape index (κ1) is 11.5. The smallest absolute Gasteiger partial charge is 0.308 e. The zero-order valence-corrected chi connectivity index (χ0v) is 10.3. The van der Waals surface area contributed by atoms with Gasteiger partial charge < -0.3 is 9.84 Å². The van der Waals surface area contributed by atoms with E-state index in [0.29, 0.717) is 12.1 Å². The number of carbonyl (C=O) groups excluding carboxylic acids is 1. The number of aliphatic hydroxyl groups is 1. The van der Waals surface area contributed by atoms with Crippen molar-refractivity contribution in [1.82, 2.24) is 4.90 Å². The van der Waals surface area contributed by atoms with Crippen LogP contribution in [0.15, 0.2) is 0 Å². The molecule has 2 heterocycles. The van der Waals surface area contributed by atoms with E-state index in [0.717, 1.165) is 32.2 Å². The highest BCUT2D eigenvalue weighted by atomic mass is 16.5. The van der Waals surface area contributed by atoms with E-state index >= 15 is 0 Å². The molecule has 2 aliphatic heterocycles. The first-order valence-electron chi connectivity index (χ1n) is 6.74. The Kier molecular flexibility index (Phi) is 2.87. The van der Waals surface area contributed by atoms with Crippen LogP contribution >= 0.6 is 0 Å². The second-order valence-electron chi connectivity index (χ2n) is 5.70. The standard InChI is InChI=1S/C13H21NO3/c1-17-13(16)8-4-5-10-9(7-8)12(15)11-3-2-6-14(10)11/h8-12,15H,2-7H2,1H3/t8-,9+,10-,11+,12+/m1/s1. The Morgan fingerprint density at radius 3 is 2.88 bits per heavy atom. The minimum Gasteiger partial charge on any atom is -0.469 e. The number of aliphatic hydroxyl groups excluding tert-OH is 1. The van der Waals surface area contributed by atoms with Crippen molar-refractivity contribution in [2.24, 2.45) is 11.8 Å². The Morgan fingerprint density at radius 1 is 1.29 bits per heavy atom. The van der Waals surface area contributed by atoms with Crippen LogP contribution in [0.25, 0.3) is 0 Å². The number of carbonyl (C=O) groups is 1. The van der Waals surface area contributed by atoms with Crippen LogP contribution < -0.4 is 0 Å². The molecule has 3 rings (SSSR count). The third-order valence-corrected chi connectivity index (χ3v) is 5.00. The second-order valence-corrected chi connectivity index (χ2v) is 5.70. The van der Waals surface area contributed by atoms with Gasteiger partial charge in [0.2, 0.25) is 0 Å². The molecular formula is C13H21NO3. The molecule has 17 heavy (non-hydrogen) atoms. The summed E-state index contributed by atoms with van der Waals surface area (Å²) in [5, 5.41) is 10.4. The van der Waals surface area contributed by atoms with E-state index in [-0.39, 0.29) is 23.9 Å². The monoisotopic (exact) mass is 239 g/mol. The van der Waals surface area contributed by atoms with Crippen LogP contribution in [-0.4, -0.2) is 47.8 Å². The molecule has 1 aliphatic carbocycles. The molecule has 1 N–H and O–H groups in total. The Hall–Kier alpha value is -0.610. The second kappa shape index (κ2) is 4.25. The molecule has 3 fully saturated rings. The van der Waals surface area contributed by atoms with Crippen molar-refractivity contribution in [3.8, 4) is 0 Å². The number of methoxy groups -OCH3 is 1. The lowest BCUT2D eigenvalue weighted by molar-refractivity contribution is -0.147. The zero-order valence-electron chi connectivity index (χ0n) is 10.3. The van der Waals surface area contributed by atoms with Crippen molar-refractivity contribution >= 4 is 5.97 Å². The molecule has 0 spiro atoms. The van der Waals surface area contributed by atoms with Crippen molar-refractivity contribution in [1.29, 1.82) is 0 Å². The average Bonchev–Trinajstić information content (AvgIpc) is 2.92. The van der Waals surface area contributed by atoms with Crippen LogP contribution in [0, 0.1) is 11.8 Å². The molecule has 4 nitrogen and oxygen atoms in total. The first-order chi connectivity index (χ1) is 8.22. The molecule has 2 saturated heterocycles. The maximum absolute atomic E-state index is 11.6. The largest absolute Gasteiger partial charge is 0.469 e. The molecule has 96 valence electrons. The van der Waals surface area contributed by atoms with Gasteiger partial charge in [-0.1, -0.05) is 0 Å². The van der Waals surface area contributed by atoms with E-state index < -0.39 is 0 Å². The summed E-state index contributed by atoms with van der Waals surface area (Å²) in [4.78, 5) is 14.1. The van der Waals surface area contributed by atoms with E-state index in [1.807, 2.05) is 0 Å². The molecule has 0 unspecified atom stereocenters. The minimum atomic E-state index is -0.227. The summed E-state index contributed by atoms with van der Waals surface area (Å²) in [6, 6.07) is 0.875. The number of hydrogen-bond acceptors (Lipinski definition) is 4. The van der Waals surface area contributed by atoms with E-state index in [2.05, 4.69) is 4.90 Å². The van der Waals surface area contributed by atoms with Crippen LogP contribution in [-0.2, 0) is 9.53 Å². The van der Waals surface area contributed by atoms with Crippen LogP contribution in [0.5, 0.6) is 0 Å². The fourth-order valence-electron chi connectivity index (χ4n) is 4.23. The maximum atomic E-state index is 11.6. The van der Waals surface area contributed by atoms with Gasteiger partial charge in [0.05, 0.1) is 19.1 Å². The van der Waals surface area contributed by atoms with Gasteiger partial charge in [0.25, 0.3) is 0 Å². The first-order valence-corrected chi connectivity index (χ1v) is 6.74. The highest BCUT2D eigenvalue weighted by molar-refractivity contribution is 5.72. The fourth-order valence-corrected chi connectivity index (χ4v) is 4.23. The summed E-state index contributed by atoms with van der Waals surface area (Å²) < 4.78 is 4.83. The minimum absolute atomic E-state index is 0.0101. The molecule has 4 heteroatoms. The molecule has 0 amide bonds. The van der Waals surface area contributed by atoms with Gasteiger partial charge in [-0.3, -0.25) is 9.69 Å². The lowest BCUT2D eigenvalue weighted by atomic mass is 9.76. The summed E-state index contributed by atoms with van der Waals surface area (Å²) in [7, 11) is 1.46. The molecule has 0 aromatic rings. The van der Waals surface area contributed by atoms with Gasteiger partial charge in [-0.2, -0.15) is 0 Å². The van der Waals surface area contributed by atoms with Crippen molar-refractivity contribution in [3.05, 3.63) is 0 Å². The summed E-state index contributed by atoms with van der Waals surface area (Å²) >= 11 is 0. The average molecular weight is 239 g/mol. The Labute approximate surface area is 102 Å². The number of rotatable bonds is 1. The van der Waals surface area contributed by atoms with Crippen LogP contribution in [0.4, 0.5) is 0 Å². The molecule has 0 bridgehead atoms. The van der Waals surface area contributed by atoms with E-state index in [1.165, 1.54) is 13.5 Å². The van der Waals surface area contributed by atoms with E-state index in [1.54, 1.807) is 0 Å². The number of hydrogen-bond donors (Lipinski definition) is 1. The van der Waals surface area contributed by atoms with E-state index in [4.69, 9.17) is 4.74 Å². The van der Waals surface area contributed by atoms with Crippen molar-refractivity contribution in [3.63, 3.8) is 0 Å².